The number of carbonyl (C=O) groups excluding carboxylic acids is 1. The quantitative estimate of drug-likeness (QED) is 0.525. The third kappa shape index (κ3) is 4.82. The Labute approximate surface area is 186 Å². The minimum absolute atomic E-state index is 0.0418. The maximum absolute atomic E-state index is 12.3. The molecule has 0 aromatic heterocycles. The summed E-state index contributed by atoms with van der Waals surface area (Å²) >= 11 is 0. The van der Waals surface area contributed by atoms with Gasteiger partial charge in [-0.25, -0.2) is 4.79 Å². The smallest absolute Gasteiger partial charge is 0.338 e. The minimum Gasteiger partial charge on any atom is -0.458 e. The minimum atomic E-state index is -1.09. The van der Waals surface area contributed by atoms with Crippen molar-refractivity contribution >= 4 is 5.97 Å². The first-order chi connectivity index (χ1) is 15.6. The largest absolute Gasteiger partial charge is 0.458 e. The van der Waals surface area contributed by atoms with Gasteiger partial charge in [-0.15, -0.1) is 0 Å². The summed E-state index contributed by atoms with van der Waals surface area (Å²) in [5.41, 5.74) is 2.34. The molecule has 2 aromatic carbocycles. The van der Waals surface area contributed by atoms with Gasteiger partial charge in [-0.05, 0) is 17.2 Å². The van der Waals surface area contributed by atoms with E-state index in [1.165, 1.54) is 6.08 Å². The first kappa shape index (κ1) is 22.4. The van der Waals surface area contributed by atoms with Crippen LogP contribution in [0.2, 0.25) is 0 Å². The van der Waals surface area contributed by atoms with Crippen LogP contribution < -0.4 is 0 Å². The SMILES string of the molecule is C=CCOC(=O)c1ccccc1CO[C@H]1O[C@@H]2CO[C@@H](c3ccccc3)O[C@H]2C(=C)[C@@H]1O. The Morgan fingerprint density at radius 2 is 1.88 bits per heavy atom. The number of hydrogen-bond donors (Lipinski definition) is 1. The molecule has 0 saturated carbocycles. The normalized spacial score (nSPS) is 27.4. The van der Waals surface area contributed by atoms with E-state index in [1.54, 1.807) is 24.3 Å². The lowest BCUT2D eigenvalue weighted by Crippen LogP contribution is -2.55. The Balaban J connectivity index is 1.40. The highest BCUT2D eigenvalue weighted by Gasteiger charge is 2.45. The van der Waals surface area contributed by atoms with Gasteiger partial charge >= 0.3 is 5.97 Å². The first-order valence-electron chi connectivity index (χ1n) is 10.4. The van der Waals surface area contributed by atoms with Crippen LogP contribution in [0.5, 0.6) is 0 Å². The second kappa shape index (κ2) is 10.2. The zero-order chi connectivity index (χ0) is 22.5. The molecule has 0 unspecified atom stereocenters. The fourth-order valence-electron chi connectivity index (χ4n) is 3.70. The van der Waals surface area contributed by atoms with E-state index in [4.69, 9.17) is 23.7 Å². The van der Waals surface area contributed by atoms with E-state index in [9.17, 15) is 9.90 Å². The summed E-state index contributed by atoms with van der Waals surface area (Å²) in [6.07, 6.45) is -2.11. The van der Waals surface area contributed by atoms with Crippen LogP contribution in [0.1, 0.15) is 27.8 Å². The van der Waals surface area contributed by atoms with Crippen molar-refractivity contribution in [2.45, 2.75) is 37.5 Å². The number of carbonyl (C=O) groups is 1. The summed E-state index contributed by atoms with van der Waals surface area (Å²) in [6, 6.07) is 16.5. The van der Waals surface area contributed by atoms with Gasteiger partial charge < -0.3 is 28.8 Å². The molecule has 0 aliphatic carbocycles. The van der Waals surface area contributed by atoms with Gasteiger partial charge in [0.1, 0.15) is 24.9 Å². The van der Waals surface area contributed by atoms with Crippen LogP contribution in [-0.2, 0) is 30.3 Å². The van der Waals surface area contributed by atoms with Gasteiger partial charge in [-0.1, -0.05) is 67.8 Å². The van der Waals surface area contributed by atoms with Crippen LogP contribution in [0.3, 0.4) is 0 Å². The molecule has 2 aliphatic rings. The van der Waals surface area contributed by atoms with E-state index < -0.39 is 36.9 Å². The maximum Gasteiger partial charge on any atom is 0.338 e. The molecule has 4 rings (SSSR count). The summed E-state index contributed by atoms with van der Waals surface area (Å²) in [4.78, 5) is 12.3. The van der Waals surface area contributed by atoms with Crippen molar-refractivity contribution in [3.05, 3.63) is 96.1 Å². The molecule has 2 aliphatic heterocycles. The van der Waals surface area contributed by atoms with Gasteiger partial charge in [0.15, 0.2) is 12.6 Å². The van der Waals surface area contributed by atoms with Gasteiger partial charge in [-0.3, -0.25) is 0 Å². The van der Waals surface area contributed by atoms with Crippen molar-refractivity contribution in [3.63, 3.8) is 0 Å². The molecule has 2 heterocycles. The van der Waals surface area contributed by atoms with Gasteiger partial charge in [0.25, 0.3) is 0 Å². The number of benzene rings is 2. The molecule has 32 heavy (non-hydrogen) atoms. The summed E-state index contributed by atoms with van der Waals surface area (Å²) < 4.78 is 28.7. The molecular weight excluding hydrogens is 412 g/mol. The lowest BCUT2D eigenvalue weighted by atomic mass is 9.96. The molecule has 2 fully saturated rings. The molecule has 2 saturated heterocycles. The molecule has 2 aromatic rings. The lowest BCUT2D eigenvalue weighted by Gasteiger charge is -2.44. The number of hydrogen-bond acceptors (Lipinski definition) is 7. The average molecular weight is 438 g/mol. The van der Waals surface area contributed by atoms with E-state index >= 15 is 0 Å². The van der Waals surface area contributed by atoms with Crippen LogP contribution in [-0.4, -0.2) is 48.9 Å². The van der Waals surface area contributed by atoms with Crippen LogP contribution in [0, 0.1) is 0 Å². The predicted molar refractivity (Wildman–Crippen MR) is 116 cm³/mol. The third-order valence-electron chi connectivity index (χ3n) is 5.38. The van der Waals surface area contributed by atoms with E-state index in [1.807, 2.05) is 30.3 Å². The molecule has 7 nitrogen and oxygen atoms in total. The van der Waals surface area contributed by atoms with Crippen molar-refractivity contribution in [3.8, 4) is 0 Å². The Hall–Kier alpha value is -2.81. The molecular formula is C25H26O7. The van der Waals surface area contributed by atoms with E-state index in [0.29, 0.717) is 16.7 Å². The second-order valence-corrected chi connectivity index (χ2v) is 7.55. The molecule has 1 N–H and O–H groups in total. The summed E-state index contributed by atoms with van der Waals surface area (Å²) in [5, 5.41) is 10.7. The van der Waals surface area contributed by atoms with E-state index in [0.717, 1.165) is 5.56 Å². The van der Waals surface area contributed by atoms with Crippen molar-refractivity contribution in [2.75, 3.05) is 13.2 Å². The number of ether oxygens (including phenoxy) is 5. The van der Waals surface area contributed by atoms with Gasteiger partial charge in [-0.2, -0.15) is 0 Å². The Kier molecular flexibility index (Phi) is 7.14. The van der Waals surface area contributed by atoms with Crippen LogP contribution in [0.4, 0.5) is 0 Å². The monoisotopic (exact) mass is 438 g/mol. The highest BCUT2D eigenvalue weighted by Crippen LogP contribution is 2.36. The van der Waals surface area contributed by atoms with Crippen LogP contribution in [0.15, 0.2) is 79.4 Å². The number of esters is 1. The average Bonchev–Trinajstić information content (AvgIpc) is 2.84. The number of rotatable bonds is 7. The van der Waals surface area contributed by atoms with Crippen LogP contribution >= 0.6 is 0 Å². The number of aliphatic hydroxyl groups is 1. The Morgan fingerprint density at radius 3 is 2.66 bits per heavy atom. The van der Waals surface area contributed by atoms with E-state index in [2.05, 4.69) is 13.2 Å². The molecule has 7 heteroatoms. The highest BCUT2D eigenvalue weighted by atomic mass is 16.7. The van der Waals surface area contributed by atoms with Gasteiger partial charge in [0.05, 0.1) is 18.8 Å². The van der Waals surface area contributed by atoms with Gasteiger partial charge in [0.2, 0.25) is 0 Å². The Morgan fingerprint density at radius 1 is 1.12 bits per heavy atom. The number of aliphatic hydroxyl groups excluding tert-OH is 1. The molecule has 0 radical (unpaired) electrons. The van der Waals surface area contributed by atoms with Crippen molar-refractivity contribution < 1.29 is 33.6 Å². The predicted octanol–water partition coefficient (Wildman–Crippen LogP) is 3.30. The standard InChI is InChI=1S/C25H26O7/c1-3-13-28-23(27)19-12-8-7-11-18(19)14-29-25-21(26)16(2)22-20(31-25)15-30-24(32-22)17-9-5-4-6-10-17/h3-12,20-22,24-26H,1-2,13-15H2/t20-,21+,22+,24-,25+/m1/s1. The fourth-order valence-corrected chi connectivity index (χ4v) is 3.70. The fraction of sp³-hybridized carbons (Fsp3) is 0.320. The number of fused-ring (bicyclic) bond motifs is 1. The van der Waals surface area contributed by atoms with Gasteiger partial charge in [0, 0.05) is 5.56 Å². The Bertz CT molecular complexity index is 958. The second-order valence-electron chi connectivity index (χ2n) is 7.55. The zero-order valence-corrected chi connectivity index (χ0v) is 17.6. The van der Waals surface area contributed by atoms with E-state index in [-0.39, 0.29) is 19.8 Å². The molecule has 5 atom stereocenters. The van der Waals surface area contributed by atoms with Crippen LogP contribution in [0.25, 0.3) is 0 Å². The maximum atomic E-state index is 12.3. The zero-order valence-electron chi connectivity index (χ0n) is 17.6. The van der Waals surface area contributed by atoms with Crippen molar-refractivity contribution in [1.29, 1.82) is 0 Å². The first-order valence-corrected chi connectivity index (χ1v) is 10.4. The van der Waals surface area contributed by atoms with Crippen molar-refractivity contribution in [2.24, 2.45) is 0 Å². The van der Waals surface area contributed by atoms with Crippen molar-refractivity contribution in [1.82, 2.24) is 0 Å². The summed E-state index contributed by atoms with van der Waals surface area (Å²) in [7, 11) is 0. The third-order valence-corrected chi connectivity index (χ3v) is 5.38. The highest BCUT2D eigenvalue weighted by molar-refractivity contribution is 5.91. The molecule has 0 bridgehead atoms. The molecule has 0 amide bonds. The summed E-state index contributed by atoms with van der Waals surface area (Å²) in [6.45, 7) is 7.98. The molecule has 168 valence electrons. The molecule has 0 spiro atoms. The summed E-state index contributed by atoms with van der Waals surface area (Å²) in [5.74, 6) is -0.472. The topological polar surface area (TPSA) is 83.5 Å². The lowest BCUT2D eigenvalue weighted by molar-refractivity contribution is -0.319.